The summed E-state index contributed by atoms with van der Waals surface area (Å²) in [6.07, 6.45) is 21.0. The summed E-state index contributed by atoms with van der Waals surface area (Å²) >= 11 is 0. The Morgan fingerprint density at radius 1 is 0.692 bits per heavy atom. The summed E-state index contributed by atoms with van der Waals surface area (Å²) in [5.41, 5.74) is 5.33. The van der Waals surface area contributed by atoms with E-state index in [0.717, 1.165) is 50.4 Å². The molecule has 0 atom stereocenters. The van der Waals surface area contributed by atoms with Crippen LogP contribution in [-0.2, 0) is 9.53 Å². The van der Waals surface area contributed by atoms with Crippen molar-refractivity contribution >= 4 is 5.97 Å². The summed E-state index contributed by atoms with van der Waals surface area (Å²) in [5, 5.41) is 0. The lowest BCUT2D eigenvalue weighted by atomic mass is 9.66. The molecule has 0 aliphatic heterocycles. The van der Waals surface area contributed by atoms with Gasteiger partial charge in [0.15, 0.2) is 0 Å². The molecule has 0 aromatic heterocycles. The fourth-order valence-electron chi connectivity index (χ4n) is 7.52. The predicted octanol–water partition coefficient (Wildman–Crippen LogP) is 11.0. The molecular formula is C37H54O2. The third-order valence-electron chi connectivity index (χ3n) is 10.2. The van der Waals surface area contributed by atoms with E-state index >= 15 is 0 Å². The molecule has 2 heteroatoms. The highest BCUT2D eigenvalue weighted by molar-refractivity contribution is 5.77. The minimum absolute atomic E-state index is 0.0276. The van der Waals surface area contributed by atoms with E-state index in [1.54, 1.807) is 7.11 Å². The molecule has 214 valence electrons. The third kappa shape index (κ3) is 7.99. The van der Waals surface area contributed by atoms with Crippen molar-refractivity contribution in [2.24, 2.45) is 11.3 Å². The minimum Gasteiger partial charge on any atom is -0.469 e. The lowest BCUT2D eigenvalue weighted by molar-refractivity contribution is -0.155. The smallest absolute Gasteiger partial charge is 0.311 e. The van der Waals surface area contributed by atoms with E-state index in [1.165, 1.54) is 92.9 Å². The number of rotatable bonds is 13. The molecule has 0 unspecified atom stereocenters. The molecule has 2 fully saturated rings. The molecule has 0 spiro atoms. The van der Waals surface area contributed by atoms with Crippen LogP contribution in [0.2, 0.25) is 0 Å². The first-order valence-electron chi connectivity index (χ1n) is 16.4. The number of hydrogen-bond acceptors (Lipinski definition) is 2. The summed E-state index contributed by atoms with van der Waals surface area (Å²) < 4.78 is 5.30. The Labute approximate surface area is 239 Å². The summed E-state index contributed by atoms with van der Waals surface area (Å²) in [4.78, 5) is 12.8. The lowest BCUT2D eigenvalue weighted by Crippen LogP contribution is -2.36. The average Bonchev–Trinajstić information content (AvgIpc) is 3.00. The van der Waals surface area contributed by atoms with Gasteiger partial charge in [0, 0.05) is 0 Å². The second-order valence-corrected chi connectivity index (χ2v) is 12.8. The van der Waals surface area contributed by atoms with E-state index in [9.17, 15) is 4.79 Å². The van der Waals surface area contributed by atoms with Crippen molar-refractivity contribution in [2.75, 3.05) is 7.11 Å². The molecule has 2 saturated carbocycles. The molecule has 0 heterocycles. The maximum Gasteiger partial charge on any atom is 0.311 e. The summed E-state index contributed by atoms with van der Waals surface area (Å²) in [5.74, 6) is 2.29. The van der Waals surface area contributed by atoms with E-state index in [4.69, 9.17) is 4.74 Å². The highest BCUT2D eigenvalue weighted by atomic mass is 16.5. The van der Waals surface area contributed by atoms with Crippen LogP contribution in [-0.4, -0.2) is 13.1 Å². The SMILES string of the molecule is CCCCCCCC1(C(=O)OC)CCC(c2ccc(-c3ccc(C4CCC(CCCC)CC4)cc3)cc2)CC1. The molecule has 2 aliphatic rings. The highest BCUT2D eigenvalue weighted by Gasteiger charge is 2.42. The third-order valence-corrected chi connectivity index (χ3v) is 10.2. The Hall–Kier alpha value is -2.09. The van der Waals surface area contributed by atoms with Gasteiger partial charge in [0.05, 0.1) is 12.5 Å². The molecule has 2 aromatic rings. The molecular weight excluding hydrogens is 476 g/mol. The van der Waals surface area contributed by atoms with Gasteiger partial charge in [0.25, 0.3) is 0 Å². The van der Waals surface area contributed by atoms with E-state index in [-0.39, 0.29) is 11.4 Å². The van der Waals surface area contributed by atoms with Crippen LogP contribution in [0.1, 0.15) is 146 Å². The zero-order valence-corrected chi connectivity index (χ0v) is 25.2. The Kier molecular flexibility index (Phi) is 11.5. The number of methoxy groups -OCH3 is 1. The first kappa shape index (κ1) is 29.9. The van der Waals surface area contributed by atoms with Gasteiger partial charge in [-0.05, 0) is 97.8 Å². The van der Waals surface area contributed by atoms with Gasteiger partial charge in [0.1, 0.15) is 0 Å². The molecule has 2 aromatic carbocycles. The van der Waals surface area contributed by atoms with Crippen LogP contribution in [0, 0.1) is 11.3 Å². The number of carbonyl (C=O) groups is 1. The molecule has 0 saturated heterocycles. The number of unbranched alkanes of at least 4 members (excludes halogenated alkanes) is 5. The van der Waals surface area contributed by atoms with Gasteiger partial charge in [-0.1, -0.05) is 114 Å². The Balaban J connectivity index is 1.30. The van der Waals surface area contributed by atoms with Gasteiger partial charge in [-0.15, -0.1) is 0 Å². The lowest BCUT2D eigenvalue weighted by Gasteiger charge is -2.38. The topological polar surface area (TPSA) is 26.3 Å². The summed E-state index contributed by atoms with van der Waals surface area (Å²) in [6, 6.07) is 18.7. The number of hydrogen-bond donors (Lipinski definition) is 0. The van der Waals surface area contributed by atoms with E-state index in [2.05, 4.69) is 62.4 Å². The molecule has 0 amide bonds. The van der Waals surface area contributed by atoms with E-state index < -0.39 is 0 Å². The average molecular weight is 531 g/mol. The number of ether oxygens (including phenoxy) is 1. The minimum atomic E-state index is -0.256. The van der Waals surface area contributed by atoms with E-state index in [0.29, 0.717) is 5.92 Å². The van der Waals surface area contributed by atoms with Crippen LogP contribution < -0.4 is 0 Å². The number of carbonyl (C=O) groups excluding carboxylic acids is 1. The van der Waals surface area contributed by atoms with Crippen LogP contribution >= 0.6 is 0 Å². The van der Waals surface area contributed by atoms with Crippen LogP contribution in [0.3, 0.4) is 0 Å². The monoisotopic (exact) mass is 530 g/mol. The van der Waals surface area contributed by atoms with Crippen molar-refractivity contribution in [1.82, 2.24) is 0 Å². The van der Waals surface area contributed by atoms with Gasteiger partial charge in [-0.3, -0.25) is 4.79 Å². The summed E-state index contributed by atoms with van der Waals surface area (Å²) in [7, 11) is 1.57. The van der Waals surface area contributed by atoms with Crippen molar-refractivity contribution in [2.45, 2.75) is 135 Å². The zero-order chi connectivity index (χ0) is 27.5. The molecule has 39 heavy (non-hydrogen) atoms. The highest BCUT2D eigenvalue weighted by Crippen LogP contribution is 2.47. The van der Waals surface area contributed by atoms with Crippen molar-refractivity contribution in [1.29, 1.82) is 0 Å². The van der Waals surface area contributed by atoms with Gasteiger partial charge in [-0.25, -0.2) is 0 Å². The van der Waals surface area contributed by atoms with Crippen molar-refractivity contribution in [3.8, 4) is 11.1 Å². The fraction of sp³-hybridized carbons (Fsp3) is 0.649. The Morgan fingerprint density at radius 2 is 1.21 bits per heavy atom. The Morgan fingerprint density at radius 3 is 1.72 bits per heavy atom. The Bertz CT molecular complexity index is 973. The van der Waals surface area contributed by atoms with Crippen molar-refractivity contribution < 1.29 is 9.53 Å². The molecule has 0 bridgehead atoms. The first-order valence-corrected chi connectivity index (χ1v) is 16.4. The molecule has 0 N–H and O–H groups in total. The zero-order valence-electron chi connectivity index (χ0n) is 25.2. The normalized spacial score (nSPS) is 25.4. The first-order chi connectivity index (χ1) is 19.1. The van der Waals surface area contributed by atoms with Gasteiger partial charge in [0.2, 0.25) is 0 Å². The van der Waals surface area contributed by atoms with Gasteiger partial charge in [-0.2, -0.15) is 0 Å². The maximum absolute atomic E-state index is 12.8. The van der Waals surface area contributed by atoms with Crippen LogP contribution in [0.15, 0.2) is 48.5 Å². The molecule has 0 radical (unpaired) electrons. The second-order valence-electron chi connectivity index (χ2n) is 12.8. The molecule has 2 nitrogen and oxygen atoms in total. The van der Waals surface area contributed by atoms with Crippen LogP contribution in [0.25, 0.3) is 11.1 Å². The number of esters is 1. The maximum atomic E-state index is 12.8. The van der Waals surface area contributed by atoms with Gasteiger partial charge < -0.3 is 4.74 Å². The largest absolute Gasteiger partial charge is 0.469 e. The van der Waals surface area contributed by atoms with E-state index in [1.807, 2.05) is 0 Å². The summed E-state index contributed by atoms with van der Waals surface area (Å²) in [6.45, 7) is 4.56. The van der Waals surface area contributed by atoms with Crippen LogP contribution in [0.5, 0.6) is 0 Å². The van der Waals surface area contributed by atoms with Crippen molar-refractivity contribution in [3.05, 3.63) is 59.7 Å². The quantitative estimate of drug-likeness (QED) is 0.190. The van der Waals surface area contributed by atoms with Crippen molar-refractivity contribution in [3.63, 3.8) is 0 Å². The van der Waals surface area contributed by atoms with Crippen LogP contribution in [0.4, 0.5) is 0 Å². The fourth-order valence-corrected chi connectivity index (χ4v) is 7.52. The number of benzene rings is 2. The van der Waals surface area contributed by atoms with Gasteiger partial charge >= 0.3 is 5.97 Å². The molecule has 4 rings (SSSR count). The molecule has 2 aliphatic carbocycles. The predicted molar refractivity (Wildman–Crippen MR) is 165 cm³/mol. The standard InChI is InChI=1S/C37H54O2/c1-4-6-8-9-10-26-37(36(38)39-3)27-24-35(25-28-37)34-22-20-33(21-23-34)32-18-16-31(17-19-32)30-14-12-29(13-15-30)11-7-5-2/h16-23,29-30,35H,4-15,24-28H2,1-3H3. The second kappa shape index (κ2) is 15.1.